The van der Waals surface area contributed by atoms with Gasteiger partial charge in [0.2, 0.25) is 5.91 Å². The Bertz CT molecular complexity index is 994. The molecule has 0 heterocycles. The van der Waals surface area contributed by atoms with E-state index < -0.39 is 12.1 Å². The number of hydrogen-bond donors (Lipinski definition) is 3. The topological polar surface area (TPSA) is 114 Å². The molecule has 1 saturated carbocycles. The van der Waals surface area contributed by atoms with Gasteiger partial charge in [-0.2, -0.15) is 0 Å². The van der Waals surface area contributed by atoms with Crippen molar-refractivity contribution in [2.45, 2.75) is 37.6 Å². The molecular weight excluding hydrogens is 436 g/mol. The van der Waals surface area contributed by atoms with Crippen LogP contribution in [0.4, 0.5) is 4.79 Å². The van der Waals surface area contributed by atoms with E-state index in [9.17, 15) is 14.4 Å². The maximum absolute atomic E-state index is 12.2. The van der Waals surface area contributed by atoms with Crippen LogP contribution in [0.15, 0.2) is 48.5 Å². The molecule has 2 aliphatic carbocycles. The lowest BCUT2D eigenvalue weighted by Gasteiger charge is -2.19. The minimum absolute atomic E-state index is 0.00126. The maximum atomic E-state index is 12.2. The van der Waals surface area contributed by atoms with Gasteiger partial charge in [0.15, 0.2) is 0 Å². The molecule has 2 aromatic rings. The Balaban J connectivity index is 1.14. The number of carbonyl (C=O) groups is 3. The number of ether oxygens (including phenoxy) is 2. The summed E-state index contributed by atoms with van der Waals surface area (Å²) in [6.45, 7) is 0.487. The third-order valence-electron chi connectivity index (χ3n) is 6.53. The van der Waals surface area contributed by atoms with Crippen molar-refractivity contribution in [3.8, 4) is 11.1 Å². The minimum Gasteiger partial charge on any atom is -0.481 e. The second-order valence-electron chi connectivity index (χ2n) is 8.77. The van der Waals surface area contributed by atoms with Crippen molar-refractivity contribution >= 4 is 18.0 Å². The standard InChI is InChI=1S/C26H30N2O6/c29-24(28-23-11-5-6-17(23)14-25(30)31)16-33-13-12-27-26(32)34-15-22-20-9-3-1-7-18(20)19-8-2-4-10-21(19)22/h1-4,7-10,17,22-23H,5-6,11-16H2,(H,27,32)(H,28,29)(H,30,31)/t17-,23+/m0/s1. The molecule has 0 radical (unpaired) electrons. The van der Waals surface area contributed by atoms with Crippen LogP contribution in [-0.2, 0) is 19.1 Å². The van der Waals surface area contributed by atoms with E-state index in [1.165, 1.54) is 11.1 Å². The van der Waals surface area contributed by atoms with Gasteiger partial charge in [-0.15, -0.1) is 0 Å². The van der Waals surface area contributed by atoms with Crippen LogP contribution in [0.1, 0.15) is 42.7 Å². The molecule has 0 bridgehead atoms. The molecule has 2 aliphatic rings. The van der Waals surface area contributed by atoms with E-state index in [2.05, 4.69) is 34.9 Å². The van der Waals surface area contributed by atoms with Crippen molar-refractivity contribution in [3.05, 3.63) is 59.7 Å². The number of carboxylic acids is 1. The molecule has 4 rings (SSSR count). The van der Waals surface area contributed by atoms with Crippen LogP contribution in [0.2, 0.25) is 0 Å². The van der Waals surface area contributed by atoms with Crippen LogP contribution in [0.25, 0.3) is 11.1 Å². The van der Waals surface area contributed by atoms with Gasteiger partial charge in [-0.05, 0) is 41.0 Å². The zero-order chi connectivity index (χ0) is 23.9. The van der Waals surface area contributed by atoms with E-state index in [1.807, 2.05) is 24.3 Å². The first-order chi connectivity index (χ1) is 16.5. The Morgan fingerprint density at radius 1 is 0.971 bits per heavy atom. The summed E-state index contributed by atoms with van der Waals surface area (Å²) in [5.41, 5.74) is 4.65. The number of amides is 2. The zero-order valence-corrected chi connectivity index (χ0v) is 19.0. The molecule has 3 N–H and O–H groups in total. The summed E-state index contributed by atoms with van der Waals surface area (Å²) in [6.07, 6.45) is 2.04. The summed E-state index contributed by atoms with van der Waals surface area (Å²) >= 11 is 0. The maximum Gasteiger partial charge on any atom is 0.407 e. The Morgan fingerprint density at radius 2 is 1.65 bits per heavy atom. The molecule has 2 amide bonds. The van der Waals surface area contributed by atoms with Crippen molar-refractivity contribution in [1.29, 1.82) is 0 Å². The van der Waals surface area contributed by atoms with E-state index in [0.717, 1.165) is 30.4 Å². The monoisotopic (exact) mass is 466 g/mol. The van der Waals surface area contributed by atoms with Crippen molar-refractivity contribution < 1.29 is 29.0 Å². The van der Waals surface area contributed by atoms with Crippen LogP contribution < -0.4 is 10.6 Å². The van der Waals surface area contributed by atoms with Gasteiger partial charge in [0.05, 0.1) is 13.0 Å². The number of alkyl carbamates (subject to hydrolysis) is 1. The lowest BCUT2D eigenvalue weighted by atomic mass is 9.98. The van der Waals surface area contributed by atoms with Crippen molar-refractivity contribution in [2.75, 3.05) is 26.4 Å². The average Bonchev–Trinajstić information content (AvgIpc) is 3.38. The van der Waals surface area contributed by atoms with Crippen LogP contribution in [-0.4, -0.2) is 55.5 Å². The predicted molar refractivity (Wildman–Crippen MR) is 125 cm³/mol. The van der Waals surface area contributed by atoms with Crippen LogP contribution in [0.5, 0.6) is 0 Å². The van der Waals surface area contributed by atoms with Gasteiger partial charge < -0.3 is 25.2 Å². The van der Waals surface area contributed by atoms with Crippen molar-refractivity contribution in [2.24, 2.45) is 5.92 Å². The molecule has 2 aromatic carbocycles. The molecule has 0 spiro atoms. The molecular formula is C26H30N2O6. The lowest BCUT2D eigenvalue weighted by molar-refractivity contribution is -0.138. The van der Waals surface area contributed by atoms with E-state index >= 15 is 0 Å². The van der Waals surface area contributed by atoms with Gasteiger partial charge in [0.25, 0.3) is 0 Å². The Hall–Kier alpha value is -3.39. The normalized spacial score (nSPS) is 18.7. The molecule has 180 valence electrons. The summed E-state index contributed by atoms with van der Waals surface area (Å²) in [5.74, 6) is -1.15. The minimum atomic E-state index is -0.846. The molecule has 0 aliphatic heterocycles. The van der Waals surface area contributed by atoms with E-state index in [0.29, 0.717) is 0 Å². The Morgan fingerprint density at radius 3 is 2.32 bits per heavy atom. The van der Waals surface area contributed by atoms with Gasteiger partial charge >= 0.3 is 12.1 Å². The average molecular weight is 467 g/mol. The number of rotatable bonds is 10. The van der Waals surface area contributed by atoms with E-state index in [-0.39, 0.29) is 56.6 Å². The first-order valence-corrected chi connectivity index (χ1v) is 11.7. The molecule has 8 nitrogen and oxygen atoms in total. The lowest BCUT2D eigenvalue weighted by Crippen LogP contribution is -2.40. The highest BCUT2D eigenvalue weighted by atomic mass is 16.5. The van der Waals surface area contributed by atoms with Gasteiger partial charge in [-0.3, -0.25) is 9.59 Å². The van der Waals surface area contributed by atoms with Crippen LogP contribution in [0.3, 0.4) is 0 Å². The summed E-state index contributed by atoms with van der Waals surface area (Å²) in [4.78, 5) is 35.2. The number of fused-ring (bicyclic) bond motifs is 3. The highest BCUT2D eigenvalue weighted by Gasteiger charge is 2.30. The zero-order valence-electron chi connectivity index (χ0n) is 19.0. The Labute approximate surface area is 198 Å². The fourth-order valence-electron chi connectivity index (χ4n) is 4.98. The molecule has 1 fully saturated rings. The molecule has 0 saturated heterocycles. The van der Waals surface area contributed by atoms with Crippen LogP contribution >= 0.6 is 0 Å². The fourth-order valence-corrected chi connectivity index (χ4v) is 4.98. The summed E-state index contributed by atoms with van der Waals surface area (Å²) < 4.78 is 10.8. The molecule has 8 heteroatoms. The molecule has 0 aromatic heterocycles. The number of carbonyl (C=O) groups excluding carboxylic acids is 2. The number of benzene rings is 2. The summed E-state index contributed by atoms with van der Waals surface area (Å²) in [7, 11) is 0. The summed E-state index contributed by atoms with van der Waals surface area (Å²) in [5, 5.41) is 14.5. The number of hydrogen-bond acceptors (Lipinski definition) is 5. The van der Waals surface area contributed by atoms with Crippen LogP contribution in [0, 0.1) is 5.92 Å². The largest absolute Gasteiger partial charge is 0.481 e. The first kappa shape index (κ1) is 23.8. The number of nitrogens with one attached hydrogen (secondary N) is 2. The van der Waals surface area contributed by atoms with E-state index in [1.54, 1.807) is 0 Å². The first-order valence-electron chi connectivity index (χ1n) is 11.7. The molecule has 0 unspecified atom stereocenters. The molecule has 34 heavy (non-hydrogen) atoms. The second-order valence-corrected chi connectivity index (χ2v) is 8.77. The molecule has 2 atom stereocenters. The van der Waals surface area contributed by atoms with E-state index in [4.69, 9.17) is 14.6 Å². The Kier molecular flexibility index (Phi) is 7.80. The predicted octanol–water partition coefficient (Wildman–Crippen LogP) is 3.30. The van der Waals surface area contributed by atoms with Gasteiger partial charge in [-0.25, -0.2) is 4.79 Å². The summed E-state index contributed by atoms with van der Waals surface area (Å²) in [6, 6.07) is 16.2. The highest BCUT2D eigenvalue weighted by molar-refractivity contribution is 5.79. The van der Waals surface area contributed by atoms with Gasteiger partial charge in [0, 0.05) is 18.5 Å². The fraction of sp³-hybridized carbons (Fsp3) is 0.423. The second kappa shape index (κ2) is 11.2. The number of carboxylic acid groups (broad SMARTS) is 1. The third kappa shape index (κ3) is 5.75. The highest BCUT2D eigenvalue weighted by Crippen LogP contribution is 2.44. The quantitative estimate of drug-likeness (QED) is 0.463. The SMILES string of the molecule is O=C(O)C[C@@H]1CCC[C@H]1NC(=O)COCCNC(=O)OCC1c2ccccc2-c2ccccc21. The number of aliphatic carboxylic acids is 1. The van der Waals surface area contributed by atoms with Crippen molar-refractivity contribution in [3.63, 3.8) is 0 Å². The third-order valence-corrected chi connectivity index (χ3v) is 6.53. The van der Waals surface area contributed by atoms with Gasteiger partial charge in [-0.1, -0.05) is 55.0 Å². The smallest absolute Gasteiger partial charge is 0.407 e. The van der Waals surface area contributed by atoms with Gasteiger partial charge in [0.1, 0.15) is 13.2 Å². The van der Waals surface area contributed by atoms with Crippen molar-refractivity contribution in [1.82, 2.24) is 10.6 Å².